The van der Waals surface area contributed by atoms with Crippen molar-refractivity contribution in [3.05, 3.63) is 28.8 Å². The van der Waals surface area contributed by atoms with E-state index in [4.69, 9.17) is 16.8 Å². The Hall–Kier alpha value is -1.55. The van der Waals surface area contributed by atoms with Gasteiger partial charge >= 0.3 is 0 Å². The zero-order valence-electron chi connectivity index (χ0n) is 7.49. The molecule has 1 aromatic rings. The molecule has 1 amide bonds. The van der Waals surface area contributed by atoms with E-state index < -0.39 is 5.91 Å². The molecule has 0 saturated heterocycles. The van der Waals surface area contributed by atoms with Crippen LogP contribution in [0, 0.1) is 6.92 Å². The number of carbonyl (C=O) groups is 1. The average Bonchev–Trinajstić information content (AvgIpc) is 2.12. The van der Waals surface area contributed by atoms with Crippen LogP contribution in [-0.4, -0.2) is 17.3 Å². The second kappa shape index (κ2) is 4.62. The van der Waals surface area contributed by atoms with E-state index >= 15 is 0 Å². The smallest absolute Gasteiger partial charge is 0.270 e. The van der Waals surface area contributed by atoms with Crippen LogP contribution in [0.4, 0.5) is 5.69 Å². The Balaban J connectivity index is 2.78. The quantitative estimate of drug-likeness (QED) is 0.448. The van der Waals surface area contributed by atoms with Gasteiger partial charge in [0.05, 0.1) is 0 Å². The number of nitrogens with zero attached hydrogens (tertiary/aromatic N) is 1. The lowest BCUT2D eigenvalue weighted by molar-refractivity contribution is -0.110. The van der Waals surface area contributed by atoms with Gasteiger partial charge in [0.1, 0.15) is 6.21 Å². The number of nitrogens with one attached hydrogen (secondary N) is 1. The third kappa shape index (κ3) is 2.74. The Morgan fingerprint density at radius 1 is 1.64 bits per heavy atom. The summed E-state index contributed by atoms with van der Waals surface area (Å²) in [5.41, 5.74) is 1.49. The molecule has 0 radical (unpaired) electrons. The summed E-state index contributed by atoms with van der Waals surface area (Å²) in [4.78, 5) is 10.9. The number of anilines is 1. The van der Waals surface area contributed by atoms with Crippen LogP contribution in [0.15, 0.2) is 23.4 Å². The lowest BCUT2D eigenvalue weighted by Gasteiger charge is -2.03. The molecule has 0 saturated carbocycles. The molecule has 2 N–H and O–H groups in total. The van der Waals surface area contributed by atoms with Crippen LogP contribution >= 0.6 is 11.6 Å². The van der Waals surface area contributed by atoms with E-state index in [1.165, 1.54) is 0 Å². The number of carbonyl (C=O) groups excluding carboxylic acids is 1. The Morgan fingerprint density at radius 2 is 2.36 bits per heavy atom. The van der Waals surface area contributed by atoms with Crippen LogP contribution < -0.4 is 5.32 Å². The molecule has 4 nitrogen and oxygen atoms in total. The van der Waals surface area contributed by atoms with Gasteiger partial charge in [-0.05, 0) is 24.6 Å². The summed E-state index contributed by atoms with van der Waals surface area (Å²) in [6.45, 7) is 1.86. The van der Waals surface area contributed by atoms with Crippen molar-refractivity contribution in [2.75, 3.05) is 5.32 Å². The average molecular weight is 213 g/mol. The summed E-state index contributed by atoms with van der Waals surface area (Å²) < 4.78 is 0. The highest BCUT2D eigenvalue weighted by Crippen LogP contribution is 2.19. The molecule has 1 aromatic carbocycles. The van der Waals surface area contributed by atoms with E-state index in [0.717, 1.165) is 11.8 Å². The van der Waals surface area contributed by atoms with E-state index in [9.17, 15) is 4.79 Å². The van der Waals surface area contributed by atoms with Crippen molar-refractivity contribution in [3.63, 3.8) is 0 Å². The van der Waals surface area contributed by atoms with Crippen LogP contribution in [0.5, 0.6) is 0 Å². The Labute approximate surface area is 86.2 Å². The fourth-order valence-corrected chi connectivity index (χ4v) is 1.08. The van der Waals surface area contributed by atoms with E-state index in [-0.39, 0.29) is 0 Å². The number of oxime groups is 1. The fraction of sp³-hybridized carbons (Fsp3) is 0.111. The molecule has 14 heavy (non-hydrogen) atoms. The van der Waals surface area contributed by atoms with Gasteiger partial charge in [-0.15, -0.1) is 0 Å². The topological polar surface area (TPSA) is 61.7 Å². The predicted octanol–water partition coefficient (Wildman–Crippen LogP) is 2.05. The molecule has 0 spiro atoms. The SMILES string of the molecule is Cc1ccc(NC(=O)/C=N/O)cc1Cl. The lowest BCUT2D eigenvalue weighted by atomic mass is 10.2. The molecule has 0 aliphatic rings. The minimum Gasteiger partial charge on any atom is -0.411 e. The van der Waals surface area contributed by atoms with E-state index in [2.05, 4.69) is 10.5 Å². The third-order valence-electron chi connectivity index (χ3n) is 1.61. The van der Waals surface area contributed by atoms with Gasteiger partial charge in [-0.3, -0.25) is 4.79 Å². The Kier molecular flexibility index (Phi) is 3.48. The minimum absolute atomic E-state index is 0.507. The monoisotopic (exact) mass is 212 g/mol. The van der Waals surface area contributed by atoms with Crippen molar-refractivity contribution < 1.29 is 10.0 Å². The third-order valence-corrected chi connectivity index (χ3v) is 2.02. The number of benzene rings is 1. The number of hydrogen-bond acceptors (Lipinski definition) is 3. The van der Waals surface area contributed by atoms with Crippen LogP contribution in [0.25, 0.3) is 0 Å². The van der Waals surface area contributed by atoms with Gasteiger partial charge < -0.3 is 10.5 Å². The molecule has 5 heteroatoms. The summed E-state index contributed by atoms with van der Waals surface area (Å²) in [7, 11) is 0. The van der Waals surface area contributed by atoms with Crippen LogP contribution in [-0.2, 0) is 4.79 Å². The molecule has 0 atom stereocenters. The van der Waals surface area contributed by atoms with Crippen molar-refractivity contribution in [2.24, 2.45) is 5.16 Å². The molecular formula is C9H9ClN2O2. The number of hydrogen-bond donors (Lipinski definition) is 2. The van der Waals surface area contributed by atoms with Crippen molar-refractivity contribution in [1.82, 2.24) is 0 Å². The summed E-state index contributed by atoms with van der Waals surface area (Å²) >= 11 is 5.84. The molecule has 0 bridgehead atoms. The van der Waals surface area contributed by atoms with E-state index in [0.29, 0.717) is 10.7 Å². The standard InChI is InChI=1S/C9H9ClN2O2/c1-6-2-3-7(4-8(6)10)12-9(13)5-11-14/h2-5,14H,1H3,(H,12,13)/b11-5+. The maximum atomic E-state index is 10.9. The zero-order valence-corrected chi connectivity index (χ0v) is 8.25. The van der Waals surface area contributed by atoms with Gasteiger partial charge in [-0.1, -0.05) is 22.8 Å². The van der Waals surface area contributed by atoms with Gasteiger partial charge in [-0.25, -0.2) is 0 Å². The first kappa shape index (κ1) is 10.5. The maximum Gasteiger partial charge on any atom is 0.270 e. The second-order valence-electron chi connectivity index (χ2n) is 2.70. The Morgan fingerprint density at radius 3 is 2.93 bits per heavy atom. The fourth-order valence-electron chi connectivity index (χ4n) is 0.898. The summed E-state index contributed by atoms with van der Waals surface area (Å²) in [5.74, 6) is -0.507. The van der Waals surface area contributed by atoms with Crippen LogP contribution in [0.3, 0.4) is 0 Å². The van der Waals surface area contributed by atoms with Crippen molar-refractivity contribution >= 4 is 29.4 Å². The maximum absolute atomic E-state index is 10.9. The minimum atomic E-state index is -0.507. The molecule has 0 aliphatic carbocycles. The predicted molar refractivity (Wildman–Crippen MR) is 55.1 cm³/mol. The Bertz CT molecular complexity index is 377. The molecule has 74 valence electrons. The van der Waals surface area contributed by atoms with Gasteiger partial charge in [0.15, 0.2) is 0 Å². The normalized spacial score (nSPS) is 10.4. The van der Waals surface area contributed by atoms with E-state index in [1.54, 1.807) is 18.2 Å². The van der Waals surface area contributed by atoms with Gasteiger partial charge in [-0.2, -0.15) is 0 Å². The van der Waals surface area contributed by atoms with E-state index in [1.807, 2.05) is 6.92 Å². The number of rotatable bonds is 2. The highest BCUT2D eigenvalue weighted by atomic mass is 35.5. The molecule has 0 aromatic heterocycles. The van der Waals surface area contributed by atoms with Gasteiger partial charge in [0, 0.05) is 10.7 Å². The van der Waals surface area contributed by atoms with Crippen molar-refractivity contribution in [1.29, 1.82) is 0 Å². The summed E-state index contributed by atoms with van der Waals surface area (Å²) in [6.07, 6.45) is 0.772. The molecule has 1 rings (SSSR count). The molecule has 0 aliphatic heterocycles. The largest absolute Gasteiger partial charge is 0.411 e. The first-order valence-electron chi connectivity index (χ1n) is 3.88. The lowest BCUT2D eigenvalue weighted by Crippen LogP contribution is -2.12. The van der Waals surface area contributed by atoms with Gasteiger partial charge in [0.25, 0.3) is 5.91 Å². The second-order valence-corrected chi connectivity index (χ2v) is 3.10. The van der Waals surface area contributed by atoms with Crippen molar-refractivity contribution in [3.8, 4) is 0 Å². The first-order chi connectivity index (χ1) is 6.63. The number of aryl methyl sites for hydroxylation is 1. The zero-order chi connectivity index (χ0) is 10.6. The summed E-state index contributed by atoms with van der Waals surface area (Å²) in [5, 5.41) is 13.7. The van der Waals surface area contributed by atoms with Gasteiger partial charge in [0.2, 0.25) is 0 Å². The van der Waals surface area contributed by atoms with Crippen molar-refractivity contribution in [2.45, 2.75) is 6.92 Å². The molecule has 0 unspecified atom stereocenters. The molecule has 0 fully saturated rings. The number of amides is 1. The number of halogens is 1. The van der Waals surface area contributed by atoms with Crippen LogP contribution in [0.2, 0.25) is 5.02 Å². The first-order valence-corrected chi connectivity index (χ1v) is 4.26. The summed E-state index contributed by atoms with van der Waals surface area (Å²) in [6, 6.07) is 5.12. The molecular weight excluding hydrogens is 204 g/mol. The highest BCUT2D eigenvalue weighted by Gasteiger charge is 2.00. The molecule has 0 heterocycles. The highest BCUT2D eigenvalue weighted by molar-refractivity contribution is 6.33. The van der Waals surface area contributed by atoms with Crippen LogP contribution in [0.1, 0.15) is 5.56 Å².